The number of carbonyl (C=O) groups is 1. The molecule has 1 aliphatic carbocycles. The summed E-state index contributed by atoms with van der Waals surface area (Å²) in [5, 5.41) is 8.30. The van der Waals surface area contributed by atoms with Gasteiger partial charge < -0.3 is 4.74 Å². The first-order chi connectivity index (χ1) is 8.03. The fraction of sp³-hybridized carbons (Fsp3) is 0.818. The largest absolute Gasteiger partial charge is 0.462 e. The molecule has 0 heterocycles. The number of hydrogen-bond donors (Lipinski definition) is 0. The molecule has 0 unspecified atom stereocenters. The molecule has 6 heteroatoms. The van der Waals surface area contributed by atoms with Gasteiger partial charge >= 0.3 is 5.97 Å². The normalized spacial score (nSPS) is 16.6. The first-order valence-electron chi connectivity index (χ1n) is 5.80. The summed E-state index contributed by atoms with van der Waals surface area (Å²) >= 11 is 0. The molecule has 1 aliphatic rings. The Balaban J connectivity index is 2.31. The fourth-order valence-corrected chi connectivity index (χ4v) is 3.00. The van der Waals surface area contributed by atoms with Gasteiger partial charge in [-0.05, 0) is 32.1 Å². The van der Waals surface area contributed by atoms with E-state index >= 15 is 0 Å². The molecule has 1 fully saturated rings. The fourth-order valence-electron chi connectivity index (χ4n) is 1.85. The van der Waals surface area contributed by atoms with Gasteiger partial charge in [0.25, 0.3) is 0 Å². The maximum Gasteiger partial charge on any atom is 0.321 e. The topological polar surface area (TPSA) is 84.2 Å². The molecule has 0 aromatic rings. The number of rotatable bonds is 6. The molecule has 0 aromatic heterocycles. The van der Waals surface area contributed by atoms with Gasteiger partial charge in [0, 0.05) is 6.42 Å². The predicted octanol–water partition coefficient (Wildman–Crippen LogP) is 1.19. The Labute approximate surface area is 102 Å². The molecule has 0 amide bonds. The van der Waals surface area contributed by atoms with Gasteiger partial charge in [0.05, 0.1) is 11.8 Å². The van der Waals surface area contributed by atoms with E-state index in [1.807, 2.05) is 6.07 Å². The highest BCUT2D eigenvalue weighted by Gasteiger charge is 2.23. The van der Waals surface area contributed by atoms with Crippen LogP contribution in [-0.4, -0.2) is 32.0 Å². The summed E-state index contributed by atoms with van der Waals surface area (Å²) in [7, 11) is -3.42. The van der Waals surface area contributed by atoms with E-state index in [4.69, 9.17) is 10.00 Å². The molecular weight excluding hydrogens is 242 g/mol. The van der Waals surface area contributed by atoms with E-state index in [2.05, 4.69) is 0 Å². The van der Waals surface area contributed by atoms with Gasteiger partial charge in [0.15, 0.2) is 9.84 Å². The first-order valence-corrected chi connectivity index (χ1v) is 7.62. The van der Waals surface area contributed by atoms with Crippen molar-refractivity contribution in [2.75, 3.05) is 11.5 Å². The Morgan fingerprint density at radius 2 is 2.00 bits per heavy atom. The third kappa shape index (κ3) is 5.68. The lowest BCUT2D eigenvalue weighted by molar-refractivity contribution is -0.145. The van der Waals surface area contributed by atoms with E-state index in [-0.39, 0.29) is 24.7 Å². The maximum atomic E-state index is 11.5. The van der Waals surface area contributed by atoms with Crippen LogP contribution in [0.1, 0.15) is 38.5 Å². The zero-order valence-corrected chi connectivity index (χ0v) is 10.5. The highest BCUT2D eigenvalue weighted by molar-refractivity contribution is 7.92. The summed E-state index contributed by atoms with van der Waals surface area (Å²) in [6.45, 7) is 0. The minimum atomic E-state index is -3.42. The van der Waals surface area contributed by atoms with Crippen molar-refractivity contribution in [2.45, 2.75) is 44.6 Å². The SMILES string of the molecule is N#CCCCS(=O)(=O)CC(=O)OC1CCCC1. The number of sulfone groups is 1. The predicted molar refractivity (Wildman–Crippen MR) is 61.8 cm³/mol. The molecule has 1 rings (SSSR count). The molecule has 0 atom stereocenters. The average Bonchev–Trinajstić information content (AvgIpc) is 2.69. The van der Waals surface area contributed by atoms with Crippen molar-refractivity contribution < 1.29 is 17.9 Å². The molecule has 0 radical (unpaired) electrons. The van der Waals surface area contributed by atoms with Crippen molar-refractivity contribution in [3.05, 3.63) is 0 Å². The molecule has 0 saturated heterocycles. The van der Waals surface area contributed by atoms with E-state index in [9.17, 15) is 13.2 Å². The second-order valence-electron chi connectivity index (χ2n) is 4.25. The number of carbonyl (C=O) groups excluding carboxylic acids is 1. The first kappa shape index (κ1) is 14.0. The Morgan fingerprint density at radius 1 is 1.35 bits per heavy atom. The highest BCUT2D eigenvalue weighted by Crippen LogP contribution is 2.21. The number of nitrogens with zero attached hydrogens (tertiary/aromatic N) is 1. The maximum absolute atomic E-state index is 11.5. The number of ether oxygens (including phenoxy) is 1. The monoisotopic (exact) mass is 259 g/mol. The molecule has 0 spiro atoms. The van der Waals surface area contributed by atoms with E-state index in [1.54, 1.807) is 0 Å². The number of esters is 1. The van der Waals surface area contributed by atoms with Gasteiger partial charge in [-0.2, -0.15) is 5.26 Å². The summed E-state index contributed by atoms with van der Waals surface area (Å²) < 4.78 is 28.0. The van der Waals surface area contributed by atoms with Crippen molar-refractivity contribution >= 4 is 15.8 Å². The third-order valence-corrected chi connectivity index (χ3v) is 4.27. The van der Waals surface area contributed by atoms with Crippen LogP contribution in [0.25, 0.3) is 0 Å². The van der Waals surface area contributed by atoms with Gasteiger partial charge in [0.1, 0.15) is 11.9 Å². The third-order valence-electron chi connectivity index (χ3n) is 2.68. The number of unbranched alkanes of at least 4 members (excludes halogenated alkanes) is 1. The van der Waals surface area contributed by atoms with E-state index in [0.29, 0.717) is 0 Å². The Hall–Kier alpha value is -1.09. The molecular formula is C11H17NO4S. The Bertz CT molecular complexity index is 390. The van der Waals surface area contributed by atoms with Crippen LogP contribution in [0.4, 0.5) is 0 Å². The summed E-state index contributed by atoms with van der Waals surface area (Å²) in [6, 6.07) is 1.87. The number of nitriles is 1. The summed E-state index contributed by atoms with van der Waals surface area (Å²) in [6.07, 6.45) is 4.10. The molecule has 0 aromatic carbocycles. The van der Waals surface area contributed by atoms with Gasteiger partial charge in [-0.25, -0.2) is 8.42 Å². The van der Waals surface area contributed by atoms with E-state index < -0.39 is 21.6 Å². The Kier molecular flexibility index (Phi) is 5.42. The molecule has 5 nitrogen and oxygen atoms in total. The summed E-state index contributed by atoms with van der Waals surface area (Å²) in [4.78, 5) is 11.4. The van der Waals surface area contributed by atoms with Crippen LogP contribution in [0.3, 0.4) is 0 Å². The minimum Gasteiger partial charge on any atom is -0.462 e. The van der Waals surface area contributed by atoms with Crippen LogP contribution in [-0.2, 0) is 19.4 Å². The van der Waals surface area contributed by atoms with Crippen LogP contribution in [0.2, 0.25) is 0 Å². The zero-order valence-electron chi connectivity index (χ0n) is 9.72. The van der Waals surface area contributed by atoms with Crippen molar-refractivity contribution in [1.29, 1.82) is 5.26 Å². The van der Waals surface area contributed by atoms with Crippen molar-refractivity contribution in [2.24, 2.45) is 0 Å². The van der Waals surface area contributed by atoms with Crippen LogP contribution in [0.15, 0.2) is 0 Å². The van der Waals surface area contributed by atoms with Crippen LogP contribution in [0, 0.1) is 11.3 Å². The van der Waals surface area contributed by atoms with Gasteiger partial charge in [-0.15, -0.1) is 0 Å². The molecule has 96 valence electrons. The van der Waals surface area contributed by atoms with Crippen molar-refractivity contribution in [1.82, 2.24) is 0 Å². The van der Waals surface area contributed by atoms with E-state index in [1.165, 1.54) is 0 Å². The molecule has 0 bridgehead atoms. The van der Waals surface area contributed by atoms with Crippen molar-refractivity contribution in [3.63, 3.8) is 0 Å². The zero-order chi connectivity index (χ0) is 12.7. The Morgan fingerprint density at radius 3 is 2.59 bits per heavy atom. The second-order valence-corrected chi connectivity index (χ2v) is 6.43. The van der Waals surface area contributed by atoms with Crippen LogP contribution in [0.5, 0.6) is 0 Å². The van der Waals surface area contributed by atoms with Gasteiger partial charge in [0.2, 0.25) is 0 Å². The smallest absolute Gasteiger partial charge is 0.321 e. The standard InChI is InChI=1S/C11H17NO4S/c12-7-3-4-8-17(14,15)9-11(13)16-10-5-1-2-6-10/h10H,1-6,8-9H2. The number of hydrogen-bond acceptors (Lipinski definition) is 5. The van der Waals surface area contributed by atoms with Gasteiger partial charge in [-0.3, -0.25) is 4.79 Å². The lowest BCUT2D eigenvalue weighted by Gasteiger charge is -2.11. The summed E-state index contributed by atoms with van der Waals surface area (Å²) in [5.41, 5.74) is 0. The molecule has 1 saturated carbocycles. The second kappa shape index (κ2) is 6.60. The lowest BCUT2D eigenvalue weighted by Crippen LogP contribution is -2.24. The van der Waals surface area contributed by atoms with Crippen LogP contribution < -0.4 is 0 Å². The highest BCUT2D eigenvalue weighted by atomic mass is 32.2. The molecule has 0 N–H and O–H groups in total. The van der Waals surface area contributed by atoms with Crippen LogP contribution >= 0.6 is 0 Å². The van der Waals surface area contributed by atoms with Gasteiger partial charge in [-0.1, -0.05) is 0 Å². The summed E-state index contributed by atoms with van der Waals surface area (Å²) in [5.74, 6) is -1.34. The van der Waals surface area contributed by atoms with Crippen molar-refractivity contribution in [3.8, 4) is 6.07 Å². The lowest BCUT2D eigenvalue weighted by atomic mass is 10.3. The minimum absolute atomic E-state index is 0.100. The molecule has 0 aliphatic heterocycles. The van der Waals surface area contributed by atoms with E-state index in [0.717, 1.165) is 25.7 Å². The average molecular weight is 259 g/mol. The molecule has 17 heavy (non-hydrogen) atoms. The quantitative estimate of drug-likeness (QED) is 0.528.